The first-order valence-corrected chi connectivity index (χ1v) is 8.63. The zero-order valence-electron chi connectivity index (χ0n) is 14.9. The summed E-state index contributed by atoms with van der Waals surface area (Å²) >= 11 is 6.50. The van der Waals surface area contributed by atoms with Gasteiger partial charge in [-0.05, 0) is 24.5 Å². The molecular formula is C19H20ClN3O3. The number of carbonyl (C=O) groups excluding carboxylic acids is 1. The van der Waals surface area contributed by atoms with Crippen molar-refractivity contribution in [2.45, 2.75) is 25.2 Å². The van der Waals surface area contributed by atoms with E-state index in [-0.39, 0.29) is 5.78 Å². The van der Waals surface area contributed by atoms with Gasteiger partial charge in [-0.1, -0.05) is 11.6 Å². The zero-order chi connectivity index (χ0) is 19.0. The van der Waals surface area contributed by atoms with Gasteiger partial charge in [-0.25, -0.2) is 0 Å². The van der Waals surface area contributed by atoms with Crippen LogP contribution in [0.25, 0.3) is 0 Å². The molecule has 0 amide bonds. The molecule has 1 aromatic rings. The zero-order valence-corrected chi connectivity index (χ0v) is 15.7. The Morgan fingerprint density at radius 1 is 1.27 bits per heavy atom. The molecular weight excluding hydrogens is 354 g/mol. The summed E-state index contributed by atoms with van der Waals surface area (Å²) in [5.74, 6) is 0.721. The fourth-order valence-corrected chi connectivity index (χ4v) is 3.93. The van der Waals surface area contributed by atoms with Gasteiger partial charge in [0.15, 0.2) is 17.3 Å². The number of hydrogen-bond acceptors (Lipinski definition) is 6. The molecule has 136 valence electrons. The van der Waals surface area contributed by atoms with Crippen LogP contribution in [-0.4, -0.2) is 32.0 Å². The molecule has 2 aliphatic rings. The second-order valence-corrected chi connectivity index (χ2v) is 6.68. The van der Waals surface area contributed by atoms with Gasteiger partial charge < -0.3 is 20.1 Å². The van der Waals surface area contributed by atoms with Crippen LogP contribution in [0.15, 0.2) is 34.8 Å². The van der Waals surface area contributed by atoms with E-state index in [9.17, 15) is 10.1 Å². The van der Waals surface area contributed by atoms with Crippen molar-refractivity contribution in [2.75, 3.05) is 21.3 Å². The number of nitriles is 1. The summed E-state index contributed by atoms with van der Waals surface area (Å²) in [5.41, 5.74) is 8.61. The number of carbonyl (C=O) groups is 1. The quantitative estimate of drug-likeness (QED) is 0.875. The minimum absolute atomic E-state index is 0.0224. The third kappa shape index (κ3) is 2.69. The van der Waals surface area contributed by atoms with E-state index in [1.807, 2.05) is 0 Å². The van der Waals surface area contributed by atoms with E-state index in [4.69, 9.17) is 26.8 Å². The van der Waals surface area contributed by atoms with E-state index in [1.54, 1.807) is 24.1 Å². The van der Waals surface area contributed by atoms with Gasteiger partial charge in [0.2, 0.25) is 0 Å². The predicted molar refractivity (Wildman–Crippen MR) is 97.8 cm³/mol. The minimum Gasteiger partial charge on any atom is -0.493 e. The topological polar surface area (TPSA) is 88.6 Å². The number of Topliss-reactive ketones (excluding diaryl/α,β-unsaturated/α-hetero) is 1. The van der Waals surface area contributed by atoms with Crippen molar-refractivity contribution < 1.29 is 14.3 Å². The molecule has 1 atom stereocenters. The van der Waals surface area contributed by atoms with Gasteiger partial charge in [-0.15, -0.1) is 0 Å². The number of hydrogen-bond donors (Lipinski definition) is 1. The highest BCUT2D eigenvalue weighted by molar-refractivity contribution is 6.31. The highest BCUT2D eigenvalue weighted by Gasteiger charge is 2.39. The van der Waals surface area contributed by atoms with Gasteiger partial charge in [0.25, 0.3) is 0 Å². The first-order valence-electron chi connectivity index (χ1n) is 8.25. The highest BCUT2D eigenvalue weighted by Crippen LogP contribution is 2.47. The Morgan fingerprint density at radius 3 is 2.54 bits per heavy atom. The Kier molecular flexibility index (Phi) is 4.84. The number of methoxy groups -OCH3 is 2. The van der Waals surface area contributed by atoms with Crippen LogP contribution in [0.5, 0.6) is 11.5 Å². The Balaban J connectivity index is 2.28. The molecule has 2 N–H and O–H groups in total. The van der Waals surface area contributed by atoms with Crippen LogP contribution >= 0.6 is 11.6 Å². The second kappa shape index (κ2) is 6.93. The average Bonchev–Trinajstić information content (AvgIpc) is 2.64. The SMILES string of the molecule is COc1cc(Cl)c([C@@H]2C(C#N)=C(N)N(C)C3=C2C(=O)CCC3)cc1OC. The largest absolute Gasteiger partial charge is 0.493 e. The summed E-state index contributed by atoms with van der Waals surface area (Å²) in [5, 5.41) is 10.1. The molecule has 6 nitrogen and oxygen atoms in total. The lowest BCUT2D eigenvalue weighted by molar-refractivity contribution is -0.116. The van der Waals surface area contributed by atoms with Crippen molar-refractivity contribution in [3.8, 4) is 17.6 Å². The molecule has 0 saturated carbocycles. The van der Waals surface area contributed by atoms with Gasteiger partial charge in [-0.3, -0.25) is 4.79 Å². The van der Waals surface area contributed by atoms with Crippen LogP contribution in [0.4, 0.5) is 0 Å². The summed E-state index contributed by atoms with van der Waals surface area (Å²) in [4.78, 5) is 14.5. The Morgan fingerprint density at radius 2 is 1.92 bits per heavy atom. The second-order valence-electron chi connectivity index (χ2n) is 6.27. The average molecular weight is 374 g/mol. The number of allylic oxidation sites excluding steroid dienone is 3. The van der Waals surface area contributed by atoms with E-state index < -0.39 is 5.92 Å². The summed E-state index contributed by atoms with van der Waals surface area (Å²) in [6.07, 6.45) is 1.95. The number of rotatable bonds is 3. The molecule has 0 spiro atoms. The van der Waals surface area contributed by atoms with Crippen molar-refractivity contribution in [3.05, 3.63) is 45.4 Å². The van der Waals surface area contributed by atoms with Crippen molar-refractivity contribution in [1.29, 1.82) is 5.26 Å². The smallest absolute Gasteiger partial charge is 0.162 e. The van der Waals surface area contributed by atoms with E-state index >= 15 is 0 Å². The van der Waals surface area contributed by atoms with Crippen molar-refractivity contribution in [1.82, 2.24) is 4.90 Å². The van der Waals surface area contributed by atoms with Crippen LogP contribution in [-0.2, 0) is 4.79 Å². The lowest BCUT2D eigenvalue weighted by Gasteiger charge is -2.38. The van der Waals surface area contributed by atoms with Gasteiger partial charge in [-0.2, -0.15) is 5.26 Å². The highest BCUT2D eigenvalue weighted by atomic mass is 35.5. The van der Waals surface area contributed by atoms with E-state index in [0.717, 1.165) is 18.5 Å². The first kappa shape index (κ1) is 18.2. The first-order chi connectivity index (χ1) is 12.4. The summed E-state index contributed by atoms with van der Waals surface area (Å²) in [6, 6.07) is 5.52. The van der Waals surface area contributed by atoms with Gasteiger partial charge in [0, 0.05) is 35.8 Å². The van der Waals surface area contributed by atoms with Crippen LogP contribution in [0, 0.1) is 11.3 Å². The third-order valence-electron chi connectivity index (χ3n) is 4.98. The molecule has 1 aliphatic carbocycles. The maximum atomic E-state index is 12.8. The molecule has 0 saturated heterocycles. The Bertz CT molecular complexity index is 883. The van der Waals surface area contributed by atoms with Gasteiger partial charge in [0.1, 0.15) is 5.82 Å². The number of ketones is 1. The maximum absolute atomic E-state index is 12.8. The van der Waals surface area contributed by atoms with Crippen LogP contribution < -0.4 is 15.2 Å². The van der Waals surface area contributed by atoms with E-state index in [1.165, 1.54) is 14.2 Å². The number of nitrogens with zero attached hydrogens (tertiary/aromatic N) is 2. The van der Waals surface area contributed by atoms with Gasteiger partial charge in [0.05, 0.1) is 31.8 Å². The molecule has 26 heavy (non-hydrogen) atoms. The molecule has 1 heterocycles. The fraction of sp³-hybridized carbons (Fsp3) is 0.368. The van der Waals surface area contributed by atoms with Gasteiger partial charge >= 0.3 is 0 Å². The number of nitrogens with two attached hydrogens (primary N) is 1. The lowest BCUT2D eigenvalue weighted by Crippen LogP contribution is -2.36. The Hall–Kier alpha value is -2.65. The number of halogens is 1. The standard InChI is InChI=1S/C19H20ClN3O3/c1-23-13-5-4-6-14(24)18(13)17(11(9-21)19(23)22)10-7-15(25-2)16(26-3)8-12(10)20/h7-8,17H,4-6,22H2,1-3H3/t17-/m1/s1. The fourth-order valence-electron chi connectivity index (χ4n) is 3.66. The third-order valence-corrected chi connectivity index (χ3v) is 5.31. The molecule has 3 rings (SSSR count). The molecule has 0 radical (unpaired) electrons. The molecule has 7 heteroatoms. The van der Waals surface area contributed by atoms with Crippen molar-refractivity contribution in [2.24, 2.45) is 5.73 Å². The predicted octanol–water partition coefficient (Wildman–Crippen LogP) is 3.09. The molecule has 1 aliphatic heterocycles. The lowest BCUT2D eigenvalue weighted by atomic mass is 9.75. The number of ether oxygens (including phenoxy) is 2. The molecule has 0 unspecified atom stereocenters. The molecule has 0 fully saturated rings. The summed E-state index contributed by atoms with van der Waals surface area (Å²) < 4.78 is 10.7. The van der Waals surface area contributed by atoms with E-state index in [2.05, 4.69) is 6.07 Å². The van der Waals surface area contributed by atoms with Crippen molar-refractivity contribution in [3.63, 3.8) is 0 Å². The Labute approximate surface area is 157 Å². The van der Waals surface area contributed by atoms with Crippen LogP contribution in [0.3, 0.4) is 0 Å². The summed E-state index contributed by atoms with van der Waals surface area (Å²) in [7, 11) is 4.83. The van der Waals surface area contributed by atoms with Crippen LogP contribution in [0.1, 0.15) is 30.7 Å². The minimum atomic E-state index is -0.605. The molecule has 0 aromatic heterocycles. The molecule has 0 bridgehead atoms. The maximum Gasteiger partial charge on any atom is 0.162 e. The van der Waals surface area contributed by atoms with Crippen molar-refractivity contribution >= 4 is 17.4 Å². The normalized spacial score (nSPS) is 20.0. The van der Waals surface area contributed by atoms with E-state index in [0.29, 0.717) is 45.5 Å². The van der Waals surface area contributed by atoms with Crippen LogP contribution in [0.2, 0.25) is 5.02 Å². The monoisotopic (exact) mass is 373 g/mol. The summed E-state index contributed by atoms with van der Waals surface area (Å²) in [6.45, 7) is 0. The number of benzene rings is 1. The molecule has 1 aromatic carbocycles.